The first kappa shape index (κ1) is 15.3. The second-order valence-electron chi connectivity index (χ2n) is 4.49. The first-order chi connectivity index (χ1) is 10.2. The van der Waals surface area contributed by atoms with E-state index in [0.717, 1.165) is 23.4 Å². The molecule has 0 fully saturated rings. The molecule has 110 valence electrons. The summed E-state index contributed by atoms with van der Waals surface area (Å²) in [7, 11) is 1.61. The molecule has 0 saturated heterocycles. The lowest BCUT2D eigenvalue weighted by Crippen LogP contribution is -1.94. The van der Waals surface area contributed by atoms with Gasteiger partial charge in [-0.25, -0.2) is 0 Å². The summed E-state index contributed by atoms with van der Waals surface area (Å²) in [6.45, 7) is 2.72. The highest BCUT2D eigenvalue weighted by atomic mass is 35.5. The molecule has 0 amide bonds. The second kappa shape index (κ2) is 7.09. The average Bonchev–Trinajstić information content (AvgIpc) is 3.01. The van der Waals surface area contributed by atoms with Crippen molar-refractivity contribution in [3.8, 4) is 5.75 Å². The molecule has 0 aliphatic rings. The standard InChI is InChI=1S/C16H17ClN2O2/c1-3-19-11-14(10-18-19)15(20)6-4-12-5-7-16(21-2)13(8-12)9-17/h4-8,10-11H,3,9H2,1-2H3/b6-4+. The number of carbonyl (C=O) groups is 1. The van der Waals surface area contributed by atoms with E-state index in [1.54, 1.807) is 30.3 Å². The Bertz CT molecular complexity index is 662. The SMILES string of the molecule is CCn1cc(C(=O)/C=C/c2ccc(OC)c(CCl)c2)cn1. The van der Waals surface area contributed by atoms with Crippen LogP contribution in [0, 0.1) is 0 Å². The number of aromatic nitrogens is 2. The predicted molar refractivity (Wildman–Crippen MR) is 83.8 cm³/mol. The third-order valence-electron chi connectivity index (χ3n) is 3.12. The van der Waals surface area contributed by atoms with Gasteiger partial charge in [-0.1, -0.05) is 12.1 Å². The second-order valence-corrected chi connectivity index (χ2v) is 4.75. The molecule has 0 aliphatic heterocycles. The van der Waals surface area contributed by atoms with Crippen LogP contribution < -0.4 is 4.74 Å². The maximum absolute atomic E-state index is 12.0. The van der Waals surface area contributed by atoms with E-state index in [2.05, 4.69) is 5.10 Å². The Morgan fingerprint density at radius 2 is 2.29 bits per heavy atom. The van der Waals surface area contributed by atoms with Gasteiger partial charge in [0.15, 0.2) is 5.78 Å². The lowest BCUT2D eigenvalue weighted by atomic mass is 10.1. The van der Waals surface area contributed by atoms with Crippen molar-refractivity contribution in [1.82, 2.24) is 9.78 Å². The molecule has 0 radical (unpaired) electrons. The summed E-state index contributed by atoms with van der Waals surface area (Å²) in [5.41, 5.74) is 2.38. The van der Waals surface area contributed by atoms with Gasteiger partial charge in [-0.15, -0.1) is 11.6 Å². The molecule has 1 aromatic carbocycles. The Kier molecular flexibility index (Phi) is 5.17. The minimum atomic E-state index is -0.0714. The van der Waals surface area contributed by atoms with Crippen molar-refractivity contribution in [2.24, 2.45) is 0 Å². The van der Waals surface area contributed by atoms with Crippen LogP contribution in [0.5, 0.6) is 5.75 Å². The fraction of sp³-hybridized carbons (Fsp3) is 0.250. The van der Waals surface area contributed by atoms with E-state index in [9.17, 15) is 4.79 Å². The molecule has 0 N–H and O–H groups in total. The highest BCUT2D eigenvalue weighted by molar-refractivity contribution is 6.17. The molecular formula is C16H17ClN2O2. The van der Waals surface area contributed by atoms with Crippen LogP contribution in [0.15, 0.2) is 36.7 Å². The summed E-state index contributed by atoms with van der Waals surface area (Å²) >= 11 is 5.88. The van der Waals surface area contributed by atoms with Crippen LogP contribution in [0.4, 0.5) is 0 Å². The van der Waals surface area contributed by atoms with Crippen LogP contribution in [0.3, 0.4) is 0 Å². The maximum atomic E-state index is 12.0. The zero-order chi connectivity index (χ0) is 15.2. The number of halogens is 1. The Labute approximate surface area is 129 Å². The molecule has 1 aromatic heterocycles. The summed E-state index contributed by atoms with van der Waals surface area (Å²) in [6.07, 6.45) is 6.62. The van der Waals surface area contributed by atoms with Gasteiger partial charge in [-0.05, 0) is 30.7 Å². The maximum Gasteiger partial charge on any atom is 0.189 e. The molecule has 2 rings (SSSR count). The van der Waals surface area contributed by atoms with Crippen molar-refractivity contribution >= 4 is 23.5 Å². The van der Waals surface area contributed by atoms with E-state index in [0.29, 0.717) is 11.4 Å². The van der Waals surface area contributed by atoms with Crippen LogP contribution in [0.2, 0.25) is 0 Å². The molecule has 4 nitrogen and oxygen atoms in total. The number of hydrogen-bond acceptors (Lipinski definition) is 3. The molecule has 0 unspecified atom stereocenters. The number of benzene rings is 1. The summed E-state index contributed by atoms with van der Waals surface area (Å²) in [5, 5.41) is 4.09. The van der Waals surface area contributed by atoms with Crippen LogP contribution in [-0.2, 0) is 12.4 Å². The summed E-state index contributed by atoms with van der Waals surface area (Å²) in [6, 6.07) is 5.64. The van der Waals surface area contributed by atoms with E-state index >= 15 is 0 Å². The molecule has 21 heavy (non-hydrogen) atoms. The number of rotatable bonds is 6. The van der Waals surface area contributed by atoms with Crippen molar-refractivity contribution < 1.29 is 9.53 Å². The van der Waals surface area contributed by atoms with E-state index < -0.39 is 0 Å². The average molecular weight is 305 g/mol. The van der Waals surface area contributed by atoms with Crippen LogP contribution >= 0.6 is 11.6 Å². The topological polar surface area (TPSA) is 44.1 Å². The van der Waals surface area contributed by atoms with Gasteiger partial charge in [0.1, 0.15) is 5.75 Å². The molecule has 0 aliphatic carbocycles. The molecule has 0 bridgehead atoms. The molecule has 0 atom stereocenters. The number of hydrogen-bond donors (Lipinski definition) is 0. The van der Waals surface area contributed by atoms with E-state index in [1.807, 2.05) is 25.1 Å². The number of nitrogens with zero attached hydrogens (tertiary/aromatic N) is 2. The van der Waals surface area contributed by atoms with E-state index in [4.69, 9.17) is 16.3 Å². The number of aryl methyl sites for hydroxylation is 1. The highest BCUT2D eigenvalue weighted by Gasteiger charge is 2.05. The molecular weight excluding hydrogens is 288 g/mol. The number of allylic oxidation sites excluding steroid dienone is 1. The van der Waals surface area contributed by atoms with Crippen molar-refractivity contribution in [3.05, 3.63) is 53.4 Å². The first-order valence-corrected chi connectivity index (χ1v) is 7.19. The largest absolute Gasteiger partial charge is 0.496 e. The van der Waals surface area contributed by atoms with Crippen LogP contribution in [0.1, 0.15) is 28.4 Å². The number of ketones is 1. The number of methoxy groups -OCH3 is 1. The highest BCUT2D eigenvalue weighted by Crippen LogP contribution is 2.22. The molecule has 1 heterocycles. The normalized spacial score (nSPS) is 11.0. The van der Waals surface area contributed by atoms with Crippen molar-refractivity contribution in [3.63, 3.8) is 0 Å². The molecule has 5 heteroatoms. The first-order valence-electron chi connectivity index (χ1n) is 6.65. The van der Waals surface area contributed by atoms with Crippen LogP contribution in [0.25, 0.3) is 6.08 Å². The minimum absolute atomic E-state index is 0.0714. The Balaban J connectivity index is 2.15. The molecule has 0 spiro atoms. The third-order valence-corrected chi connectivity index (χ3v) is 3.41. The fourth-order valence-corrected chi connectivity index (χ4v) is 2.15. The minimum Gasteiger partial charge on any atom is -0.496 e. The van der Waals surface area contributed by atoms with Gasteiger partial charge < -0.3 is 4.74 Å². The summed E-state index contributed by atoms with van der Waals surface area (Å²) in [4.78, 5) is 12.0. The smallest absolute Gasteiger partial charge is 0.189 e. The quantitative estimate of drug-likeness (QED) is 0.466. The Morgan fingerprint density at radius 3 is 2.90 bits per heavy atom. The van der Waals surface area contributed by atoms with Gasteiger partial charge in [0.2, 0.25) is 0 Å². The summed E-state index contributed by atoms with van der Waals surface area (Å²) < 4.78 is 6.94. The lowest BCUT2D eigenvalue weighted by Gasteiger charge is -2.06. The van der Waals surface area contributed by atoms with Gasteiger partial charge in [0.05, 0.1) is 24.8 Å². The van der Waals surface area contributed by atoms with Gasteiger partial charge in [-0.3, -0.25) is 9.48 Å². The van der Waals surface area contributed by atoms with Crippen molar-refractivity contribution in [2.75, 3.05) is 7.11 Å². The molecule has 0 saturated carbocycles. The number of carbonyl (C=O) groups excluding carboxylic acids is 1. The fourth-order valence-electron chi connectivity index (χ4n) is 1.94. The van der Waals surface area contributed by atoms with Crippen molar-refractivity contribution in [1.29, 1.82) is 0 Å². The number of ether oxygens (including phenoxy) is 1. The van der Waals surface area contributed by atoms with E-state index in [1.165, 1.54) is 6.08 Å². The molecule has 2 aromatic rings. The van der Waals surface area contributed by atoms with Crippen molar-refractivity contribution in [2.45, 2.75) is 19.3 Å². The zero-order valence-electron chi connectivity index (χ0n) is 12.0. The Morgan fingerprint density at radius 1 is 1.48 bits per heavy atom. The van der Waals surface area contributed by atoms with Gasteiger partial charge in [0.25, 0.3) is 0 Å². The van der Waals surface area contributed by atoms with Gasteiger partial charge in [0, 0.05) is 18.3 Å². The monoisotopic (exact) mass is 304 g/mol. The Hall–Kier alpha value is -2.07. The third kappa shape index (κ3) is 3.73. The lowest BCUT2D eigenvalue weighted by molar-refractivity contribution is 0.104. The van der Waals surface area contributed by atoms with E-state index in [-0.39, 0.29) is 5.78 Å². The van der Waals surface area contributed by atoms with Crippen LogP contribution in [-0.4, -0.2) is 22.7 Å². The predicted octanol–water partition coefficient (Wildman–Crippen LogP) is 3.55. The number of alkyl halides is 1. The van der Waals surface area contributed by atoms with Gasteiger partial charge >= 0.3 is 0 Å². The zero-order valence-corrected chi connectivity index (χ0v) is 12.8. The van der Waals surface area contributed by atoms with Gasteiger partial charge in [-0.2, -0.15) is 5.10 Å². The summed E-state index contributed by atoms with van der Waals surface area (Å²) in [5.74, 6) is 1.04.